The van der Waals surface area contributed by atoms with Gasteiger partial charge in [0.15, 0.2) is 0 Å². The number of aliphatic hydroxyl groups excluding tert-OH is 2. The van der Waals surface area contributed by atoms with Crippen molar-refractivity contribution in [2.75, 3.05) is 11.1 Å². The first kappa shape index (κ1) is 12.9. The van der Waals surface area contributed by atoms with Gasteiger partial charge in [-0.15, -0.1) is 0 Å². The van der Waals surface area contributed by atoms with Crippen LogP contribution in [0.3, 0.4) is 0 Å². The predicted octanol–water partition coefficient (Wildman–Crippen LogP) is 0.966. The molecule has 0 amide bonds. The summed E-state index contributed by atoms with van der Waals surface area (Å²) in [5, 5.41) is 30.0. The SMILES string of the molecule is Nc1cccc(C(O)C(O)CBr)c1[N+](=O)[O-]. The van der Waals surface area contributed by atoms with Crippen LogP contribution in [0.4, 0.5) is 11.4 Å². The van der Waals surface area contributed by atoms with E-state index in [2.05, 4.69) is 15.9 Å². The zero-order valence-electron chi connectivity index (χ0n) is 8.21. The number of para-hydroxylation sites is 1. The number of anilines is 1. The molecule has 2 atom stereocenters. The molecule has 6 nitrogen and oxygen atoms in total. The summed E-state index contributed by atoms with van der Waals surface area (Å²) in [6.07, 6.45) is -2.47. The van der Waals surface area contributed by atoms with Crippen molar-refractivity contribution < 1.29 is 15.1 Å². The molecule has 1 rings (SSSR count). The summed E-state index contributed by atoms with van der Waals surface area (Å²) in [5.74, 6) is 0. The van der Waals surface area contributed by atoms with Gasteiger partial charge in [0.1, 0.15) is 11.8 Å². The normalized spacial score (nSPS) is 14.4. The summed E-state index contributed by atoms with van der Waals surface area (Å²) >= 11 is 2.98. The highest BCUT2D eigenvalue weighted by atomic mass is 79.9. The minimum Gasteiger partial charge on any atom is -0.393 e. The van der Waals surface area contributed by atoms with E-state index in [-0.39, 0.29) is 22.3 Å². The maximum atomic E-state index is 10.8. The Balaban J connectivity index is 3.22. The number of alkyl halides is 1. The Morgan fingerprint density at radius 3 is 2.62 bits per heavy atom. The summed E-state index contributed by atoms with van der Waals surface area (Å²) in [6.45, 7) is 0. The molecular formula is C9H11BrN2O4. The van der Waals surface area contributed by atoms with Gasteiger partial charge >= 0.3 is 0 Å². The molecule has 0 aromatic heterocycles. The van der Waals surface area contributed by atoms with Gasteiger partial charge in [-0.1, -0.05) is 22.0 Å². The minimum absolute atomic E-state index is 0.0111. The molecule has 1 aromatic rings. The fourth-order valence-corrected chi connectivity index (χ4v) is 1.68. The number of benzene rings is 1. The highest BCUT2D eigenvalue weighted by Crippen LogP contribution is 2.32. The lowest BCUT2D eigenvalue weighted by Gasteiger charge is -2.16. The molecule has 0 aliphatic heterocycles. The lowest BCUT2D eigenvalue weighted by atomic mass is 10.0. The van der Waals surface area contributed by atoms with Crippen LogP contribution in [0.15, 0.2) is 18.2 Å². The van der Waals surface area contributed by atoms with Crippen LogP contribution in [0.1, 0.15) is 11.7 Å². The summed E-state index contributed by atoms with van der Waals surface area (Å²) in [6, 6.07) is 4.22. The van der Waals surface area contributed by atoms with Crippen LogP contribution in [0.25, 0.3) is 0 Å². The number of rotatable bonds is 4. The van der Waals surface area contributed by atoms with Gasteiger partial charge in [-0.25, -0.2) is 0 Å². The second kappa shape index (κ2) is 5.24. The number of aliphatic hydroxyl groups is 2. The third-order valence-corrected chi connectivity index (χ3v) is 2.79. The Hall–Kier alpha value is -1.18. The van der Waals surface area contributed by atoms with E-state index in [1.807, 2.05) is 0 Å². The van der Waals surface area contributed by atoms with E-state index in [0.29, 0.717) is 0 Å². The molecule has 0 saturated heterocycles. The van der Waals surface area contributed by atoms with E-state index in [1.165, 1.54) is 18.2 Å². The number of nitrogens with two attached hydrogens (primary N) is 1. The van der Waals surface area contributed by atoms with Gasteiger partial charge in [-0.2, -0.15) is 0 Å². The van der Waals surface area contributed by atoms with Crippen molar-refractivity contribution in [2.45, 2.75) is 12.2 Å². The van der Waals surface area contributed by atoms with Crippen LogP contribution in [0, 0.1) is 10.1 Å². The van der Waals surface area contributed by atoms with E-state index < -0.39 is 17.1 Å². The quantitative estimate of drug-likeness (QED) is 0.331. The van der Waals surface area contributed by atoms with Crippen LogP contribution in [0.5, 0.6) is 0 Å². The highest BCUT2D eigenvalue weighted by Gasteiger charge is 2.27. The second-order valence-electron chi connectivity index (χ2n) is 3.21. The highest BCUT2D eigenvalue weighted by molar-refractivity contribution is 9.09. The molecule has 0 saturated carbocycles. The van der Waals surface area contributed by atoms with Crippen LogP contribution >= 0.6 is 15.9 Å². The molecule has 2 unspecified atom stereocenters. The standard InChI is InChI=1S/C9H11BrN2O4/c10-4-7(13)9(14)5-2-1-3-6(11)8(5)12(15)16/h1-3,7,9,13-14H,4,11H2. The number of hydrogen-bond acceptors (Lipinski definition) is 5. The molecule has 16 heavy (non-hydrogen) atoms. The third kappa shape index (κ3) is 2.49. The van der Waals surface area contributed by atoms with Crippen LogP contribution in [0.2, 0.25) is 0 Å². The molecule has 1 aromatic carbocycles. The summed E-state index contributed by atoms with van der Waals surface area (Å²) in [7, 11) is 0. The number of nitro groups is 1. The monoisotopic (exact) mass is 290 g/mol. The van der Waals surface area contributed by atoms with E-state index >= 15 is 0 Å². The molecular weight excluding hydrogens is 280 g/mol. The average Bonchev–Trinajstić information content (AvgIpc) is 2.26. The molecule has 0 aliphatic rings. The number of nitrogens with zero attached hydrogens (tertiary/aromatic N) is 1. The van der Waals surface area contributed by atoms with Gasteiger partial charge in [0.2, 0.25) is 0 Å². The predicted molar refractivity (Wildman–Crippen MR) is 62.3 cm³/mol. The molecule has 7 heteroatoms. The zero-order chi connectivity index (χ0) is 12.3. The molecule has 4 N–H and O–H groups in total. The first-order valence-corrected chi connectivity index (χ1v) is 5.56. The Kier molecular flexibility index (Phi) is 4.22. The van der Waals surface area contributed by atoms with Crippen molar-refractivity contribution in [3.63, 3.8) is 0 Å². The van der Waals surface area contributed by atoms with Gasteiger partial charge in [0.25, 0.3) is 5.69 Å². The van der Waals surface area contributed by atoms with Crippen molar-refractivity contribution in [3.05, 3.63) is 33.9 Å². The van der Waals surface area contributed by atoms with Gasteiger partial charge in [0, 0.05) is 5.33 Å². The third-order valence-electron chi connectivity index (χ3n) is 2.12. The van der Waals surface area contributed by atoms with Crippen LogP contribution < -0.4 is 5.73 Å². The van der Waals surface area contributed by atoms with Gasteiger partial charge in [0.05, 0.1) is 16.6 Å². The minimum atomic E-state index is -1.34. The summed E-state index contributed by atoms with van der Waals surface area (Å²) in [5.41, 5.74) is 5.06. The smallest absolute Gasteiger partial charge is 0.297 e. The topological polar surface area (TPSA) is 110 Å². The van der Waals surface area contributed by atoms with E-state index in [9.17, 15) is 20.3 Å². The Morgan fingerprint density at radius 2 is 2.12 bits per heavy atom. The molecule has 0 bridgehead atoms. The molecule has 0 heterocycles. The van der Waals surface area contributed by atoms with Crippen molar-refractivity contribution in [1.82, 2.24) is 0 Å². The van der Waals surface area contributed by atoms with Crippen LogP contribution in [-0.2, 0) is 0 Å². The maximum absolute atomic E-state index is 10.8. The van der Waals surface area contributed by atoms with Crippen molar-refractivity contribution in [3.8, 4) is 0 Å². The Morgan fingerprint density at radius 1 is 1.50 bits per heavy atom. The average molecular weight is 291 g/mol. The largest absolute Gasteiger partial charge is 0.393 e. The lowest BCUT2D eigenvalue weighted by Crippen LogP contribution is -2.20. The number of nitro benzene ring substituents is 1. The van der Waals surface area contributed by atoms with Crippen molar-refractivity contribution >= 4 is 27.3 Å². The fraction of sp³-hybridized carbons (Fsp3) is 0.333. The second-order valence-corrected chi connectivity index (χ2v) is 3.86. The van der Waals surface area contributed by atoms with Gasteiger partial charge in [-0.3, -0.25) is 10.1 Å². The van der Waals surface area contributed by atoms with Gasteiger partial charge < -0.3 is 15.9 Å². The van der Waals surface area contributed by atoms with Gasteiger partial charge in [-0.05, 0) is 12.1 Å². The first-order chi connectivity index (χ1) is 7.49. The first-order valence-electron chi connectivity index (χ1n) is 4.44. The molecule has 0 aliphatic carbocycles. The zero-order valence-corrected chi connectivity index (χ0v) is 9.79. The van der Waals surface area contributed by atoms with E-state index in [1.54, 1.807) is 0 Å². The van der Waals surface area contributed by atoms with Crippen LogP contribution in [-0.4, -0.2) is 26.6 Å². The number of nitrogen functional groups attached to an aromatic ring is 1. The molecule has 0 fully saturated rings. The van der Waals surface area contributed by atoms with Crippen molar-refractivity contribution in [1.29, 1.82) is 0 Å². The van der Waals surface area contributed by atoms with E-state index in [0.717, 1.165) is 0 Å². The maximum Gasteiger partial charge on any atom is 0.297 e. The van der Waals surface area contributed by atoms with E-state index in [4.69, 9.17) is 5.73 Å². The fourth-order valence-electron chi connectivity index (χ4n) is 1.32. The summed E-state index contributed by atoms with van der Waals surface area (Å²) < 4.78 is 0. The molecule has 88 valence electrons. The molecule has 0 spiro atoms. The van der Waals surface area contributed by atoms with Crippen molar-refractivity contribution in [2.24, 2.45) is 0 Å². The lowest BCUT2D eigenvalue weighted by molar-refractivity contribution is -0.385. The Labute approximate surface area is 100.0 Å². The molecule has 0 radical (unpaired) electrons. The number of hydrogen-bond donors (Lipinski definition) is 3. The Bertz CT molecular complexity index is 399. The number of halogens is 1. The summed E-state index contributed by atoms with van der Waals surface area (Å²) in [4.78, 5) is 10.1.